The van der Waals surface area contributed by atoms with Gasteiger partial charge in [-0.25, -0.2) is 0 Å². The zero-order chi connectivity index (χ0) is 8.89. The van der Waals surface area contributed by atoms with Gasteiger partial charge in [-0.15, -0.1) is 0 Å². The molecule has 3 unspecified atom stereocenters. The van der Waals surface area contributed by atoms with Crippen LogP contribution in [0.15, 0.2) is 0 Å². The van der Waals surface area contributed by atoms with Crippen LogP contribution >= 0.6 is 0 Å². The first-order valence-electron chi connectivity index (χ1n) is 5.67. The molecule has 0 spiro atoms. The van der Waals surface area contributed by atoms with Crippen molar-refractivity contribution in [2.75, 3.05) is 0 Å². The predicted octanol–water partition coefficient (Wildman–Crippen LogP) is 1.86. The van der Waals surface area contributed by atoms with E-state index in [1.165, 1.54) is 25.7 Å². The number of hydrogen-bond donors (Lipinski definition) is 1. The van der Waals surface area contributed by atoms with Crippen LogP contribution in [0.2, 0.25) is 0 Å². The lowest BCUT2D eigenvalue weighted by Gasteiger charge is -2.47. The molecule has 0 aromatic rings. The van der Waals surface area contributed by atoms with Gasteiger partial charge in [-0.2, -0.15) is 0 Å². The summed E-state index contributed by atoms with van der Waals surface area (Å²) >= 11 is 0. The molecule has 0 amide bonds. The Hall–Kier alpha value is -0.0800. The molecule has 2 nitrogen and oxygen atoms in total. The van der Waals surface area contributed by atoms with Crippen LogP contribution in [-0.2, 0) is 4.74 Å². The standard InChI is InChI=1S/C11H18O2/c12-11(8-2-1-3-8)7-6-9-4-5-10(11)13-9/h8-10,12H,1-7H2. The smallest absolute Gasteiger partial charge is 0.0937 e. The molecule has 74 valence electrons. The number of hydrogen-bond acceptors (Lipinski definition) is 2. The van der Waals surface area contributed by atoms with E-state index in [4.69, 9.17) is 4.74 Å². The molecule has 3 fully saturated rings. The quantitative estimate of drug-likeness (QED) is 0.670. The van der Waals surface area contributed by atoms with Crippen molar-refractivity contribution in [2.24, 2.45) is 5.92 Å². The molecular formula is C11H18O2. The molecule has 2 heteroatoms. The average molecular weight is 182 g/mol. The van der Waals surface area contributed by atoms with Gasteiger partial charge in [0.1, 0.15) is 0 Å². The van der Waals surface area contributed by atoms with Crippen molar-refractivity contribution in [1.82, 2.24) is 0 Å². The summed E-state index contributed by atoms with van der Waals surface area (Å²) in [7, 11) is 0. The first-order chi connectivity index (χ1) is 6.29. The van der Waals surface area contributed by atoms with E-state index < -0.39 is 5.60 Å². The number of rotatable bonds is 1. The van der Waals surface area contributed by atoms with Crippen molar-refractivity contribution in [3.8, 4) is 0 Å². The Balaban J connectivity index is 1.80. The van der Waals surface area contributed by atoms with Crippen LogP contribution in [0.4, 0.5) is 0 Å². The molecule has 1 saturated carbocycles. The largest absolute Gasteiger partial charge is 0.387 e. The highest BCUT2D eigenvalue weighted by Gasteiger charge is 2.52. The molecule has 3 aliphatic rings. The predicted molar refractivity (Wildman–Crippen MR) is 49.4 cm³/mol. The molecule has 2 bridgehead atoms. The molecule has 3 atom stereocenters. The van der Waals surface area contributed by atoms with Crippen LogP contribution in [-0.4, -0.2) is 22.9 Å². The van der Waals surface area contributed by atoms with Crippen LogP contribution in [0.5, 0.6) is 0 Å². The van der Waals surface area contributed by atoms with Gasteiger partial charge in [0, 0.05) is 0 Å². The van der Waals surface area contributed by atoms with Crippen molar-refractivity contribution < 1.29 is 9.84 Å². The summed E-state index contributed by atoms with van der Waals surface area (Å²) < 4.78 is 5.82. The third-order valence-corrected chi connectivity index (χ3v) is 4.34. The molecule has 0 radical (unpaired) electrons. The lowest BCUT2D eigenvalue weighted by Crippen LogP contribution is -2.53. The van der Waals surface area contributed by atoms with Gasteiger partial charge in [-0.3, -0.25) is 0 Å². The first-order valence-corrected chi connectivity index (χ1v) is 5.67. The third kappa shape index (κ3) is 1.08. The minimum absolute atomic E-state index is 0.177. The highest BCUT2D eigenvalue weighted by Crippen LogP contribution is 2.48. The Morgan fingerprint density at radius 1 is 1.08 bits per heavy atom. The molecular weight excluding hydrogens is 164 g/mol. The maximum atomic E-state index is 10.6. The van der Waals surface area contributed by atoms with Crippen LogP contribution in [0.3, 0.4) is 0 Å². The summed E-state index contributed by atoms with van der Waals surface area (Å²) in [6.45, 7) is 0. The normalized spacial score (nSPS) is 50.5. The van der Waals surface area contributed by atoms with Crippen LogP contribution in [0.25, 0.3) is 0 Å². The van der Waals surface area contributed by atoms with Gasteiger partial charge < -0.3 is 9.84 Å². The van der Waals surface area contributed by atoms with E-state index in [2.05, 4.69) is 0 Å². The van der Waals surface area contributed by atoms with Gasteiger partial charge in [0.25, 0.3) is 0 Å². The first kappa shape index (κ1) is 8.25. The lowest BCUT2D eigenvalue weighted by atomic mass is 9.68. The summed E-state index contributed by atoms with van der Waals surface area (Å²) in [5.41, 5.74) is -0.439. The molecule has 1 aliphatic carbocycles. The molecule has 2 saturated heterocycles. The summed E-state index contributed by atoms with van der Waals surface area (Å²) in [6, 6.07) is 0. The maximum Gasteiger partial charge on any atom is 0.0937 e. The Kier molecular flexibility index (Phi) is 1.72. The molecule has 1 N–H and O–H groups in total. The van der Waals surface area contributed by atoms with E-state index >= 15 is 0 Å². The fourth-order valence-corrected chi connectivity index (χ4v) is 3.21. The number of ether oxygens (including phenoxy) is 1. The fourth-order valence-electron chi connectivity index (χ4n) is 3.21. The Morgan fingerprint density at radius 2 is 1.92 bits per heavy atom. The number of fused-ring (bicyclic) bond motifs is 2. The average Bonchev–Trinajstić information content (AvgIpc) is 2.40. The molecule has 0 aromatic carbocycles. The summed E-state index contributed by atoms with van der Waals surface area (Å²) in [4.78, 5) is 0. The summed E-state index contributed by atoms with van der Waals surface area (Å²) in [5, 5.41) is 10.6. The van der Waals surface area contributed by atoms with E-state index in [9.17, 15) is 5.11 Å². The van der Waals surface area contributed by atoms with Crippen LogP contribution in [0, 0.1) is 5.92 Å². The topological polar surface area (TPSA) is 29.5 Å². The molecule has 2 aliphatic heterocycles. The van der Waals surface area contributed by atoms with Gasteiger partial charge in [-0.05, 0) is 44.4 Å². The van der Waals surface area contributed by atoms with Gasteiger partial charge in [-0.1, -0.05) is 6.42 Å². The zero-order valence-corrected chi connectivity index (χ0v) is 8.04. The Bertz CT molecular complexity index is 212. The highest BCUT2D eigenvalue weighted by molar-refractivity contribution is 5.03. The summed E-state index contributed by atoms with van der Waals surface area (Å²) in [5.74, 6) is 0.552. The van der Waals surface area contributed by atoms with Gasteiger partial charge >= 0.3 is 0 Å². The van der Waals surface area contributed by atoms with E-state index in [0.29, 0.717) is 12.0 Å². The van der Waals surface area contributed by atoms with Gasteiger partial charge in [0.05, 0.1) is 17.8 Å². The van der Waals surface area contributed by atoms with E-state index in [1.807, 2.05) is 0 Å². The van der Waals surface area contributed by atoms with E-state index in [1.54, 1.807) is 0 Å². The van der Waals surface area contributed by atoms with Crippen LogP contribution in [0.1, 0.15) is 44.9 Å². The van der Waals surface area contributed by atoms with E-state index in [-0.39, 0.29) is 6.10 Å². The van der Waals surface area contributed by atoms with Gasteiger partial charge in [0.15, 0.2) is 0 Å². The second-order valence-corrected chi connectivity index (χ2v) is 4.98. The van der Waals surface area contributed by atoms with Gasteiger partial charge in [0.2, 0.25) is 0 Å². The SMILES string of the molecule is OC1(C2CCC2)CCC2CCC1O2. The molecule has 0 aromatic heterocycles. The zero-order valence-electron chi connectivity index (χ0n) is 8.04. The van der Waals surface area contributed by atoms with Crippen LogP contribution < -0.4 is 0 Å². The molecule has 2 heterocycles. The molecule has 3 rings (SSSR count). The highest BCUT2D eigenvalue weighted by atomic mass is 16.5. The van der Waals surface area contributed by atoms with Crippen molar-refractivity contribution >= 4 is 0 Å². The second-order valence-electron chi connectivity index (χ2n) is 4.98. The Morgan fingerprint density at radius 3 is 2.62 bits per heavy atom. The molecule has 13 heavy (non-hydrogen) atoms. The maximum absolute atomic E-state index is 10.6. The van der Waals surface area contributed by atoms with Crippen molar-refractivity contribution in [3.63, 3.8) is 0 Å². The third-order valence-electron chi connectivity index (χ3n) is 4.34. The van der Waals surface area contributed by atoms with Crippen molar-refractivity contribution in [3.05, 3.63) is 0 Å². The van der Waals surface area contributed by atoms with Crippen molar-refractivity contribution in [1.29, 1.82) is 0 Å². The van der Waals surface area contributed by atoms with Crippen molar-refractivity contribution in [2.45, 2.75) is 62.8 Å². The fraction of sp³-hybridized carbons (Fsp3) is 1.00. The Labute approximate surface area is 79.3 Å². The lowest BCUT2D eigenvalue weighted by molar-refractivity contribution is -0.183. The van der Waals surface area contributed by atoms with E-state index in [0.717, 1.165) is 19.3 Å². The minimum Gasteiger partial charge on any atom is -0.387 e. The number of aliphatic hydroxyl groups is 1. The second kappa shape index (κ2) is 2.71. The summed E-state index contributed by atoms with van der Waals surface area (Å²) in [6.07, 6.45) is 8.76. The minimum atomic E-state index is -0.439. The monoisotopic (exact) mass is 182 g/mol.